The maximum Gasteiger partial charge on any atom is 0.481 e. The molecule has 3 unspecified atom stereocenters. The fourth-order valence-corrected chi connectivity index (χ4v) is 12.2. The van der Waals surface area contributed by atoms with Crippen molar-refractivity contribution in [1.82, 2.24) is 9.55 Å². The molecule has 0 spiro atoms. The Morgan fingerprint density at radius 2 is 1.34 bits per heavy atom. The first-order valence-corrected chi connectivity index (χ1v) is 33.2. The van der Waals surface area contributed by atoms with Crippen molar-refractivity contribution >= 4 is 39.2 Å². The number of aromatic nitrogens is 2. The molecule has 2 aliphatic rings. The number of cyclic esters (lactones) is 1. The van der Waals surface area contributed by atoms with E-state index in [1.807, 2.05) is 6.92 Å². The van der Waals surface area contributed by atoms with Gasteiger partial charge in [0.2, 0.25) is 0 Å². The summed E-state index contributed by atoms with van der Waals surface area (Å²) < 4.78 is 59.3. The van der Waals surface area contributed by atoms with Crippen LogP contribution in [0.2, 0.25) is 0 Å². The van der Waals surface area contributed by atoms with Gasteiger partial charge in [0, 0.05) is 31.4 Å². The Hall–Kier alpha value is -2.91. The number of nitrogens with two attached hydrogens (primary N) is 1. The first kappa shape index (κ1) is 71.4. The summed E-state index contributed by atoms with van der Waals surface area (Å²) in [5.41, 5.74) is 4.77. The first-order valence-electron chi connectivity index (χ1n) is 30.2. The Morgan fingerprint density at radius 1 is 0.775 bits per heavy atom. The highest BCUT2D eigenvalue weighted by molar-refractivity contribution is 7.61. The maximum atomic E-state index is 14.3. The summed E-state index contributed by atoms with van der Waals surface area (Å²) >= 11 is 0. The lowest BCUT2D eigenvalue weighted by molar-refractivity contribution is -0.184. The van der Waals surface area contributed by atoms with Crippen LogP contribution in [0.1, 0.15) is 232 Å². The summed E-state index contributed by atoms with van der Waals surface area (Å²) in [6.07, 6.45) is 19.5. The number of carbonyl (C=O) groups is 3. The summed E-state index contributed by atoms with van der Waals surface area (Å²) in [4.78, 5) is 78.8. The van der Waals surface area contributed by atoms with Gasteiger partial charge in [-0.2, -0.15) is 9.29 Å². The monoisotopic (exact) mass is 1180 g/mol. The number of fused-ring (bicyclic) bond motifs is 3. The first-order chi connectivity index (χ1) is 38.3. The van der Waals surface area contributed by atoms with Gasteiger partial charge in [0.15, 0.2) is 6.10 Å². The largest absolute Gasteiger partial charge is 0.481 e. The van der Waals surface area contributed by atoms with Crippen molar-refractivity contribution in [2.45, 2.75) is 269 Å². The topological polar surface area (TPSA) is 323 Å². The minimum atomic E-state index is -5.72. The average Bonchev–Trinajstić information content (AvgIpc) is 3.44. The van der Waals surface area contributed by atoms with Crippen LogP contribution in [-0.2, 0) is 51.1 Å². The highest BCUT2D eigenvalue weighted by Crippen LogP contribution is 2.60. The van der Waals surface area contributed by atoms with E-state index in [9.17, 15) is 58.5 Å². The molecule has 0 amide bonds. The van der Waals surface area contributed by atoms with Crippen molar-refractivity contribution in [1.29, 1.82) is 0 Å². The summed E-state index contributed by atoms with van der Waals surface area (Å²) in [5, 5.41) is 45.7. The molecular weight excluding hydrogens is 1080 g/mol. The zero-order chi connectivity index (χ0) is 58.8. The van der Waals surface area contributed by atoms with Crippen molar-refractivity contribution in [3.8, 4) is 0 Å². The van der Waals surface area contributed by atoms with Gasteiger partial charge in [-0.05, 0) is 37.7 Å². The third kappa shape index (κ3) is 30.1. The van der Waals surface area contributed by atoms with Gasteiger partial charge >= 0.3 is 33.3 Å². The average molecular weight is 1180 g/mol. The molecule has 0 radical (unpaired) electrons. The van der Waals surface area contributed by atoms with E-state index in [-0.39, 0.29) is 25.1 Å². The zero-order valence-electron chi connectivity index (χ0n) is 48.3. The van der Waals surface area contributed by atoms with Crippen LogP contribution in [-0.4, -0.2) is 114 Å². The van der Waals surface area contributed by atoms with Crippen molar-refractivity contribution in [3.63, 3.8) is 0 Å². The highest BCUT2D eigenvalue weighted by Gasteiger charge is 2.45. The molecule has 0 aliphatic carbocycles. The van der Waals surface area contributed by atoms with Crippen molar-refractivity contribution in [3.05, 3.63) is 34.9 Å². The molecular formula is C57H101N3O18P2. The Balaban J connectivity index is 1.62. The Morgan fingerprint density at radius 3 is 1.93 bits per heavy atom. The molecule has 1 aromatic rings. The maximum absolute atomic E-state index is 14.3. The smallest absolute Gasteiger partial charge is 0.462 e. The van der Waals surface area contributed by atoms with E-state index in [0.29, 0.717) is 44.9 Å². The van der Waals surface area contributed by atoms with Crippen molar-refractivity contribution in [2.75, 3.05) is 25.6 Å². The molecule has 2 fully saturated rings. The molecule has 8 N–H and O–H groups in total. The quantitative estimate of drug-likeness (QED) is 0.0163. The second kappa shape index (κ2) is 40.4. The Labute approximate surface area is 475 Å². The zero-order valence-corrected chi connectivity index (χ0v) is 50.1. The molecule has 12 atom stereocenters. The van der Waals surface area contributed by atoms with Gasteiger partial charge in [0.05, 0.1) is 37.4 Å². The molecule has 2 bridgehead atoms. The van der Waals surface area contributed by atoms with Gasteiger partial charge in [0.1, 0.15) is 36.6 Å². The Bertz CT molecular complexity index is 2080. The Kier molecular flexibility index (Phi) is 36.0. The molecule has 2 saturated heterocycles. The highest BCUT2D eigenvalue weighted by atomic mass is 31.3. The van der Waals surface area contributed by atoms with Crippen molar-refractivity contribution < 1.29 is 81.3 Å². The molecule has 0 aromatic carbocycles. The number of phosphoric ester groups is 2. The fourth-order valence-electron chi connectivity index (χ4n) is 10.1. The summed E-state index contributed by atoms with van der Waals surface area (Å²) in [7, 11) is -11.3. The number of phosphoric acid groups is 2. The van der Waals surface area contributed by atoms with E-state index in [0.717, 1.165) is 49.0 Å². The minimum absolute atomic E-state index is 0.000646. The summed E-state index contributed by atoms with van der Waals surface area (Å²) in [6.45, 7) is 3.90. The minimum Gasteiger partial charge on any atom is -0.462 e. The van der Waals surface area contributed by atoms with Crippen LogP contribution in [0.25, 0.3) is 0 Å². The third-order valence-electron chi connectivity index (χ3n) is 15.3. The number of carbonyl (C=O) groups excluding carboxylic acids is 3. The predicted octanol–water partition coefficient (Wildman–Crippen LogP) is 10.4. The summed E-state index contributed by atoms with van der Waals surface area (Å²) in [5.74, 6) is -4.06. The van der Waals surface area contributed by atoms with Gasteiger partial charge in [0.25, 0.3) is 0 Å². The number of unbranched alkanes of at least 4 members (excludes halogenated alkanes) is 19. The summed E-state index contributed by atoms with van der Waals surface area (Å²) in [6, 6.07) is 1.24. The van der Waals surface area contributed by atoms with Gasteiger partial charge in [-0.25, -0.2) is 13.9 Å². The van der Waals surface area contributed by atoms with E-state index in [1.165, 1.54) is 121 Å². The molecule has 23 heteroatoms. The lowest BCUT2D eigenvalue weighted by atomic mass is 9.83. The van der Waals surface area contributed by atoms with Gasteiger partial charge < -0.3 is 50.2 Å². The molecule has 1 aromatic heterocycles. The molecule has 0 saturated carbocycles. The fraction of sp³-hybridized carbons (Fsp3) is 0.842. The van der Waals surface area contributed by atoms with E-state index in [4.69, 9.17) is 29.0 Å². The number of ether oxygens (including phenoxy) is 3. The number of nitrogens with zero attached hydrogens (tertiary/aromatic N) is 2. The number of aliphatic hydroxyl groups is 4. The number of aliphatic hydroxyl groups excluding tert-OH is 4. The van der Waals surface area contributed by atoms with Crippen LogP contribution in [0.3, 0.4) is 0 Å². The standard InChI is InChI=1S/C57H101N3O18P2/c1-4-6-25-31-44(61)35-36-46-48(62)39-49(63)47-32-27-23-24-28-33-52(64)73-40-45(76-53(65)34-29-22-20-18-16-14-12-10-8-7-9-11-13-15-17-19-21-26-30-43(3)5-2)41-74-79(69,70)78-80(71,72)75-42-50(55(67)54(46)66)77-56(47)60-38-37-51(58)59-57(60)68/h35-38,43-48,50,54-56,61-62,66-67H,4-34,39-42H2,1-3H3,(H,69,70)(H,71,72)(H2,58,59,68)/b36-35+/t43?,44-,45+,46-,47-,48+,50+,54-,55+,56+/m0/s1. The molecule has 21 nitrogen and oxygen atoms in total. The van der Waals surface area contributed by atoms with E-state index < -0.39 is 120 Å². The van der Waals surface area contributed by atoms with Crippen LogP contribution in [0.4, 0.5) is 5.82 Å². The number of Topliss-reactive ketones (excluding diaryl/α,β-unsaturated/α-hetero) is 1. The lowest BCUT2D eigenvalue weighted by Gasteiger charge is -2.38. The molecule has 80 heavy (non-hydrogen) atoms. The molecule has 2 aliphatic heterocycles. The number of anilines is 1. The van der Waals surface area contributed by atoms with Crippen molar-refractivity contribution in [2.24, 2.45) is 17.8 Å². The lowest BCUT2D eigenvalue weighted by Crippen LogP contribution is -2.51. The predicted molar refractivity (Wildman–Crippen MR) is 304 cm³/mol. The van der Waals surface area contributed by atoms with Gasteiger partial charge in [-0.3, -0.25) is 28.0 Å². The number of ketones is 1. The van der Waals surface area contributed by atoms with E-state index in [2.05, 4.69) is 23.1 Å². The van der Waals surface area contributed by atoms with Crippen LogP contribution < -0.4 is 11.4 Å². The second-order valence-electron chi connectivity index (χ2n) is 22.2. The number of rotatable bonds is 30. The molecule has 3 rings (SSSR count). The van der Waals surface area contributed by atoms with E-state index >= 15 is 0 Å². The van der Waals surface area contributed by atoms with Crippen LogP contribution in [0.5, 0.6) is 0 Å². The third-order valence-corrected chi connectivity index (χ3v) is 17.9. The van der Waals surface area contributed by atoms with Crippen LogP contribution in [0, 0.1) is 17.8 Å². The molecule has 462 valence electrons. The second-order valence-corrected chi connectivity index (χ2v) is 25.3. The van der Waals surface area contributed by atoms with Crippen LogP contribution in [0.15, 0.2) is 29.2 Å². The van der Waals surface area contributed by atoms with Crippen LogP contribution >= 0.6 is 15.6 Å². The van der Waals surface area contributed by atoms with E-state index in [1.54, 1.807) is 0 Å². The number of hydrogen-bond donors (Lipinski definition) is 7. The van der Waals surface area contributed by atoms with Gasteiger partial charge in [-0.15, -0.1) is 0 Å². The normalized spacial score (nSPS) is 28.2. The van der Waals surface area contributed by atoms with Gasteiger partial charge in [-0.1, -0.05) is 193 Å². The molecule has 3 heterocycles. The SMILES string of the molecule is CCCCC[C@H](O)/C=C/[C@@H]1[C@H](O)[C@H](O)[C@H]2COP(=O)(O)OP(=O)(O)OC[C@H](OC(=O)CCCCCCCCCCCCCCCCCCCCC(C)CC)COC(=O)CCCCCC[C@@H](C(=O)C[C@H]1O)[C@H](n1ccc(N)nc1=O)O2. The number of nitrogen functional groups attached to an aromatic ring is 1. The number of hydrogen-bond acceptors (Lipinski definition) is 18. The number of esters is 2.